The lowest BCUT2D eigenvalue weighted by atomic mass is 9.99. The van der Waals surface area contributed by atoms with E-state index < -0.39 is 10.0 Å². The minimum Gasteiger partial charge on any atom is -0.356 e. The number of sulfonamides is 1. The molecule has 1 aromatic carbocycles. The average molecular weight is 427 g/mol. The van der Waals surface area contributed by atoms with Gasteiger partial charge in [-0.15, -0.1) is 11.3 Å². The Bertz CT molecular complexity index is 852. The van der Waals surface area contributed by atoms with Crippen LogP contribution in [-0.2, 0) is 21.2 Å². The molecule has 1 N–H and O–H groups in total. The zero-order valence-electron chi connectivity index (χ0n) is 14.9. The third-order valence-corrected chi connectivity index (χ3v) is 8.19. The minimum atomic E-state index is -3.49. The van der Waals surface area contributed by atoms with Gasteiger partial charge in [0.15, 0.2) is 0 Å². The normalized spacial score (nSPS) is 18.3. The molecular formula is C19H23ClN2O3S2. The van der Waals surface area contributed by atoms with E-state index in [1.54, 1.807) is 17.5 Å². The number of nitrogens with one attached hydrogen (secondary N) is 1. The van der Waals surface area contributed by atoms with Crippen molar-refractivity contribution in [1.29, 1.82) is 0 Å². The molecule has 0 radical (unpaired) electrons. The van der Waals surface area contributed by atoms with E-state index in [9.17, 15) is 13.2 Å². The van der Waals surface area contributed by atoms with Crippen LogP contribution < -0.4 is 5.32 Å². The minimum absolute atomic E-state index is 0.0582. The van der Waals surface area contributed by atoms with Gasteiger partial charge in [-0.05, 0) is 54.8 Å². The number of nitrogens with zero attached hydrogens (tertiary/aromatic N) is 1. The number of carbonyl (C=O) groups is 1. The van der Waals surface area contributed by atoms with Crippen molar-refractivity contribution in [3.63, 3.8) is 0 Å². The van der Waals surface area contributed by atoms with Gasteiger partial charge in [0.25, 0.3) is 10.0 Å². The molecule has 0 aliphatic carbocycles. The molecule has 1 aromatic heterocycles. The first-order chi connectivity index (χ1) is 13.0. The first kappa shape index (κ1) is 20.3. The van der Waals surface area contributed by atoms with Crippen molar-refractivity contribution < 1.29 is 13.2 Å². The van der Waals surface area contributed by atoms with Gasteiger partial charge in [-0.2, -0.15) is 4.31 Å². The maximum absolute atomic E-state index is 12.7. The Morgan fingerprint density at radius 3 is 2.74 bits per heavy atom. The van der Waals surface area contributed by atoms with Crippen molar-refractivity contribution in [3.8, 4) is 0 Å². The molecule has 8 heteroatoms. The molecule has 0 unspecified atom stereocenters. The summed E-state index contributed by atoms with van der Waals surface area (Å²) in [7, 11) is -3.49. The number of aryl methyl sites for hydroxylation is 1. The highest BCUT2D eigenvalue weighted by atomic mass is 35.5. The largest absolute Gasteiger partial charge is 0.356 e. The molecule has 0 spiro atoms. The van der Waals surface area contributed by atoms with Gasteiger partial charge in [-0.25, -0.2) is 8.42 Å². The molecule has 1 saturated heterocycles. The Kier molecular flexibility index (Phi) is 6.92. The number of carbonyl (C=O) groups excluding carboxylic acids is 1. The summed E-state index contributed by atoms with van der Waals surface area (Å²) in [5.41, 5.74) is 1.18. The number of thiophene rings is 1. The monoisotopic (exact) mass is 426 g/mol. The molecule has 2 heterocycles. The van der Waals surface area contributed by atoms with E-state index in [-0.39, 0.29) is 18.4 Å². The van der Waals surface area contributed by atoms with Crippen molar-refractivity contribution in [2.45, 2.75) is 29.9 Å². The highest BCUT2D eigenvalue weighted by Crippen LogP contribution is 2.26. The summed E-state index contributed by atoms with van der Waals surface area (Å²) in [5, 5.41) is 5.42. The summed E-state index contributed by atoms with van der Waals surface area (Å²) in [6.45, 7) is 1.31. The zero-order chi connectivity index (χ0) is 19.3. The molecule has 5 nitrogen and oxygen atoms in total. The fraction of sp³-hybridized carbons (Fsp3) is 0.421. The smallest absolute Gasteiger partial charge is 0.252 e. The van der Waals surface area contributed by atoms with Crippen LogP contribution in [0.1, 0.15) is 24.8 Å². The van der Waals surface area contributed by atoms with E-state index in [1.807, 2.05) is 24.3 Å². The predicted molar refractivity (Wildman–Crippen MR) is 109 cm³/mol. The average Bonchev–Trinajstić information content (AvgIpc) is 3.22. The third kappa shape index (κ3) is 5.31. The first-order valence-electron chi connectivity index (χ1n) is 9.02. The molecule has 1 fully saturated rings. The first-order valence-corrected chi connectivity index (χ1v) is 11.7. The van der Waals surface area contributed by atoms with Crippen LogP contribution >= 0.6 is 22.9 Å². The molecule has 146 valence electrons. The number of hydrogen-bond donors (Lipinski definition) is 1. The summed E-state index contributed by atoms with van der Waals surface area (Å²) in [5.74, 6) is -0.346. The number of amides is 1. The maximum atomic E-state index is 12.7. The van der Waals surface area contributed by atoms with E-state index in [2.05, 4.69) is 5.32 Å². The summed E-state index contributed by atoms with van der Waals surface area (Å²) < 4.78 is 27.1. The number of rotatable bonds is 7. The van der Waals surface area contributed by atoms with Crippen molar-refractivity contribution in [2.24, 2.45) is 5.92 Å². The molecule has 3 rings (SSSR count). The lowest BCUT2D eigenvalue weighted by molar-refractivity contribution is -0.126. The van der Waals surface area contributed by atoms with Gasteiger partial charge in [0.2, 0.25) is 5.91 Å². The van der Waals surface area contributed by atoms with E-state index in [0.29, 0.717) is 28.7 Å². The lowest BCUT2D eigenvalue weighted by Gasteiger charge is -2.30. The Hall–Kier alpha value is -1.41. The van der Waals surface area contributed by atoms with Crippen molar-refractivity contribution in [2.75, 3.05) is 19.6 Å². The van der Waals surface area contributed by atoms with E-state index in [0.717, 1.165) is 19.3 Å². The number of halogens is 1. The van der Waals surface area contributed by atoms with E-state index >= 15 is 0 Å². The molecule has 1 aliphatic heterocycles. The fourth-order valence-electron chi connectivity index (χ4n) is 3.21. The molecule has 2 aromatic rings. The summed E-state index contributed by atoms with van der Waals surface area (Å²) in [6.07, 6.45) is 3.12. The highest BCUT2D eigenvalue weighted by molar-refractivity contribution is 7.91. The molecule has 27 heavy (non-hydrogen) atoms. The quantitative estimate of drug-likeness (QED) is 0.688. The van der Waals surface area contributed by atoms with Crippen LogP contribution in [0.4, 0.5) is 0 Å². The van der Waals surface area contributed by atoms with Gasteiger partial charge in [0.05, 0.1) is 5.92 Å². The van der Waals surface area contributed by atoms with Crippen molar-refractivity contribution in [1.82, 2.24) is 9.62 Å². The molecule has 0 bridgehead atoms. The molecule has 0 saturated carbocycles. The van der Waals surface area contributed by atoms with Gasteiger partial charge in [-0.1, -0.05) is 29.8 Å². The van der Waals surface area contributed by atoms with Crippen LogP contribution in [0.3, 0.4) is 0 Å². The van der Waals surface area contributed by atoms with Crippen LogP contribution in [0.2, 0.25) is 5.02 Å². The van der Waals surface area contributed by atoms with Crippen molar-refractivity contribution in [3.05, 3.63) is 52.4 Å². The summed E-state index contributed by atoms with van der Waals surface area (Å²) >= 11 is 7.08. The molecular weight excluding hydrogens is 404 g/mol. The number of benzene rings is 1. The third-order valence-electron chi connectivity index (χ3n) is 4.70. The van der Waals surface area contributed by atoms with Crippen LogP contribution in [0.15, 0.2) is 46.0 Å². The number of piperidine rings is 1. The van der Waals surface area contributed by atoms with Crippen LogP contribution in [0.25, 0.3) is 0 Å². The number of hydrogen-bond acceptors (Lipinski definition) is 4. The SMILES string of the molecule is O=C(NCCCc1ccc(Cl)cc1)[C@H]1CCCN(S(=O)(=O)c2cccs2)C1. The Morgan fingerprint density at radius 1 is 1.26 bits per heavy atom. The second-order valence-corrected chi connectivity index (χ2v) is 10.2. The van der Waals surface area contributed by atoms with Gasteiger partial charge in [-0.3, -0.25) is 4.79 Å². The molecule has 1 atom stereocenters. The second kappa shape index (κ2) is 9.19. The molecule has 1 amide bonds. The maximum Gasteiger partial charge on any atom is 0.252 e. The van der Waals surface area contributed by atoms with Crippen LogP contribution in [0.5, 0.6) is 0 Å². The standard InChI is InChI=1S/C19H23ClN2O3S2/c20-17-9-7-15(8-10-17)4-1-11-21-19(23)16-5-2-12-22(14-16)27(24,25)18-6-3-13-26-18/h3,6-10,13,16H,1-2,4-5,11-12,14H2,(H,21,23)/t16-/m0/s1. The van der Waals surface area contributed by atoms with Gasteiger partial charge in [0.1, 0.15) is 4.21 Å². The van der Waals surface area contributed by atoms with Crippen LogP contribution in [0, 0.1) is 5.92 Å². The van der Waals surface area contributed by atoms with E-state index in [4.69, 9.17) is 11.6 Å². The second-order valence-electron chi connectivity index (χ2n) is 6.66. The Labute approximate surface area is 169 Å². The Morgan fingerprint density at radius 2 is 2.04 bits per heavy atom. The lowest BCUT2D eigenvalue weighted by Crippen LogP contribution is -2.45. The molecule has 1 aliphatic rings. The fourth-order valence-corrected chi connectivity index (χ4v) is 6.01. The van der Waals surface area contributed by atoms with Crippen molar-refractivity contribution >= 4 is 38.9 Å². The predicted octanol–water partition coefficient (Wildman–Crippen LogP) is 3.55. The van der Waals surface area contributed by atoms with Gasteiger partial charge < -0.3 is 5.32 Å². The Balaban J connectivity index is 1.47. The zero-order valence-corrected chi connectivity index (χ0v) is 17.3. The summed E-state index contributed by atoms with van der Waals surface area (Å²) in [6, 6.07) is 11.0. The summed E-state index contributed by atoms with van der Waals surface area (Å²) in [4.78, 5) is 12.5. The van der Waals surface area contributed by atoms with Gasteiger partial charge in [0, 0.05) is 24.7 Å². The van der Waals surface area contributed by atoms with Gasteiger partial charge >= 0.3 is 0 Å². The topological polar surface area (TPSA) is 66.5 Å². The van der Waals surface area contributed by atoms with Crippen LogP contribution in [-0.4, -0.2) is 38.3 Å². The van der Waals surface area contributed by atoms with E-state index in [1.165, 1.54) is 21.2 Å². The highest BCUT2D eigenvalue weighted by Gasteiger charge is 2.33.